The van der Waals surface area contributed by atoms with Gasteiger partial charge in [0.25, 0.3) is 5.91 Å². The zero-order valence-corrected chi connectivity index (χ0v) is 13.6. The predicted molar refractivity (Wildman–Crippen MR) is 88.9 cm³/mol. The quantitative estimate of drug-likeness (QED) is 0.849. The number of aliphatic hydroxyl groups is 1. The summed E-state index contributed by atoms with van der Waals surface area (Å²) in [7, 11) is 0. The number of hydrogen-bond donors (Lipinski definition) is 2. The van der Waals surface area contributed by atoms with E-state index in [4.69, 9.17) is 5.11 Å². The van der Waals surface area contributed by atoms with E-state index in [0.29, 0.717) is 6.54 Å². The number of nitrogens with zero attached hydrogens (tertiary/aromatic N) is 2. The van der Waals surface area contributed by atoms with Crippen LogP contribution in [0.1, 0.15) is 45.0 Å². The predicted octanol–water partition coefficient (Wildman–Crippen LogP) is 2.28. The minimum Gasteiger partial charge on any atom is -0.477 e. The van der Waals surface area contributed by atoms with Gasteiger partial charge in [-0.1, -0.05) is 29.8 Å². The summed E-state index contributed by atoms with van der Waals surface area (Å²) in [5.74, 6) is -1.44. The van der Waals surface area contributed by atoms with E-state index in [-0.39, 0.29) is 23.7 Å². The van der Waals surface area contributed by atoms with Gasteiger partial charge in [-0.2, -0.15) is 0 Å². The first-order chi connectivity index (χ1) is 11.4. The number of rotatable bonds is 6. The van der Waals surface area contributed by atoms with Crippen LogP contribution in [0, 0.1) is 6.92 Å². The molecule has 0 saturated heterocycles. The van der Waals surface area contributed by atoms with Crippen LogP contribution in [0.2, 0.25) is 0 Å². The third kappa shape index (κ3) is 4.17. The monoisotopic (exact) mass is 328 g/mol. The first kappa shape index (κ1) is 17.6. The number of carboxylic acids is 1. The van der Waals surface area contributed by atoms with Crippen molar-refractivity contribution in [1.82, 2.24) is 9.88 Å². The molecule has 1 aromatic carbocycles. The smallest absolute Gasteiger partial charge is 0.354 e. The molecule has 2 N–H and O–H groups in total. The Hall–Kier alpha value is -2.73. The molecule has 24 heavy (non-hydrogen) atoms. The average molecular weight is 328 g/mol. The lowest BCUT2D eigenvalue weighted by Crippen LogP contribution is -2.34. The molecule has 0 aliphatic carbocycles. The average Bonchev–Trinajstić information content (AvgIpc) is 2.59. The largest absolute Gasteiger partial charge is 0.477 e. The molecule has 0 saturated carbocycles. The second-order valence-corrected chi connectivity index (χ2v) is 5.51. The van der Waals surface area contributed by atoms with E-state index >= 15 is 0 Å². The second kappa shape index (κ2) is 7.70. The number of pyridine rings is 1. The number of carboxylic acid groups (broad SMARTS) is 1. The van der Waals surface area contributed by atoms with Crippen molar-refractivity contribution in [3.63, 3.8) is 0 Å². The summed E-state index contributed by atoms with van der Waals surface area (Å²) in [6.07, 6.45) is 0.452. The van der Waals surface area contributed by atoms with Gasteiger partial charge in [-0.3, -0.25) is 4.79 Å². The van der Waals surface area contributed by atoms with Gasteiger partial charge < -0.3 is 15.1 Å². The number of likely N-dealkylation sites (N-methyl/N-ethyl adjacent to an activating group) is 1. The number of aryl methyl sites for hydroxylation is 1. The maximum Gasteiger partial charge on any atom is 0.354 e. The minimum atomic E-state index is -1.14. The van der Waals surface area contributed by atoms with Gasteiger partial charge in [-0.15, -0.1) is 0 Å². The molecule has 1 atom stereocenters. The van der Waals surface area contributed by atoms with Crippen LogP contribution < -0.4 is 0 Å². The van der Waals surface area contributed by atoms with Crippen LogP contribution >= 0.6 is 0 Å². The van der Waals surface area contributed by atoms with Gasteiger partial charge in [-0.25, -0.2) is 9.78 Å². The van der Waals surface area contributed by atoms with E-state index in [1.54, 1.807) is 0 Å². The van der Waals surface area contributed by atoms with Crippen molar-refractivity contribution in [2.24, 2.45) is 0 Å². The summed E-state index contributed by atoms with van der Waals surface area (Å²) in [5, 5.41) is 19.2. The topological polar surface area (TPSA) is 90.7 Å². The van der Waals surface area contributed by atoms with Crippen LogP contribution in [0.4, 0.5) is 0 Å². The number of carbonyl (C=O) groups is 2. The summed E-state index contributed by atoms with van der Waals surface area (Å²) >= 11 is 0. The Kier molecular flexibility index (Phi) is 5.65. The summed E-state index contributed by atoms with van der Waals surface area (Å²) in [6, 6.07) is 10.2. The molecule has 0 bridgehead atoms. The van der Waals surface area contributed by atoms with Gasteiger partial charge in [0.15, 0.2) is 0 Å². The van der Waals surface area contributed by atoms with Crippen LogP contribution in [-0.4, -0.2) is 45.1 Å². The lowest BCUT2D eigenvalue weighted by molar-refractivity contribution is 0.0632. The van der Waals surface area contributed by atoms with Crippen molar-refractivity contribution in [3.8, 4) is 0 Å². The fourth-order valence-electron chi connectivity index (χ4n) is 2.29. The molecule has 2 aromatic rings. The van der Waals surface area contributed by atoms with Crippen molar-refractivity contribution >= 4 is 11.9 Å². The van der Waals surface area contributed by atoms with Crippen molar-refractivity contribution < 1.29 is 19.8 Å². The van der Waals surface area contributed by atoms with E-state index < -0.39 is 12.1 Å². The Morgan fingerprint density at radius 3 is 2.33 bits per heavy atom. The zero-order chi connectivity index (χ0) is 17.7. The summed E-state index contributed by atoms with van der Waals surface area (Å²) < 4.78 is 0. The number of hydrogen-bond acceptors (Lipinski definition) is 4. The molecule has 1 unspecified atom stereocenters. The number of carbonyl (C=O) groups excluding carboxylic acids is 1. The minimum absolute atomic E-state index is 0.116. The van der Waals surface area contributed by atoms with Gasteiger partial charge in [0, 0.05) is 12.7 Å². The zero-order valence-electron chi connectivity index (χ0n) is 13.6. The molecule has 0 fully saturated rings. The van der Waals surface area contributed by atoms with Crippen LogP contribution in [0.5, 0.6) is 0 Å². The first-order valence-corrected chi connectivity index (χ1v) is 7.65. The van der Waals surface area contributed by atoms with Crippen molar-refractivity contribution in [2.45, 2.75) is 20.0 Å². The van der Waals surface area contributed by atoms with Gasteiger partial charge in [-0.05, 0) is 31.5 Å². The molecular formula is C18H20N2O4. The number of aliphatic hydroxyl groups excluding tert-OH is 1. The third-order valence-electron chi connectivity index (χ3n) is 3.75. The fourth-order valence-corrected chi connectivity index (χ4v) is 2.29. The summed E-state index contributed by atoms with van der Waals surface area (Å²) in [5.41, 5.74) is 2.01. The van der Waals surface area contributed by atoms with E-state index in [1.165, 1.54) is 23.2 Å². The highest BCUT2D eigenvalue weighted by atomic mass is 16.4. The molecule has 2 rings (SSSR count). The molecule has 6 heteroatoms. The highest BCUT2D eigenvalue weighted by Crippen LogP contribution is 2.16. The fraction of sp³-hybridized carbons (Fsp3) is 0.278. The highest BCUT2D eigenvalue weighted by molar-refractivity contribution is 5.94. The van der Waals surface area contributed by atoms with E-state index in [9.17, 15) is 14.7 Å². The Balaban J connectivity index is 2.10. The highest BCUT2D eigenvalue weighted by Gasteiger charge is 2.19. The van der Waals surface area contributed by atoms with Crippen molar-refractivity contribution in [1.29, 1.82) is 0 Å². The number of benzene rings is 1. The molecule has 1 aromatic heterocycles. The van der Waals surface area contributed by atoms with E-state index in [2.05, 4.69) is 4.98 Å². The molecule has 0 radical (unpaired) electrons. The van der Waals surface area contributed by atoms with E-state index in [1.807, 2.05) is 38.1 Å². The van der Waals surface area contributed by atoms with Gasteiger partial charge >= 0.3 is 5.97 Å². The Morgan fingerprint density at radius 2 is 1.83 bits per heavy atom. The van der Waals surface area contributed by atoms with Crippen LogP contribution in [0.3, 0.4) is 0 Å². The standard InChI is InChI=1S/C18H20N2O4/c1-3-20(11-16(21)13-6-4-12(2)5-7-13)17(22)14-8-9-15(18(23)24)19-10-14/h4-10,16,21H,3,11H2,1-2H3,(H,23,24). The van der Waals surface area contributed by atoms with Gasteiger partial charge in [0.05, 0.1) is 18.2 Å². The normalized spacial score (nSPS) is 11.8. The number of aromatic nitrogens is 1. The van der Waals surface area contributed by atoms with Crippen molar-refractivity contribution in [3.05, 3.63) is 65.0 Å². The molecule has 6 nitrogen and oxygen atoms in total. The van der Waals surface area contributed by atoms with E-state index in [0.717, 1.165) is 11.1 Å². The Labute approximate surface area is 140 Å². The first-order valence-electron chi connectivity index (χ1n) is 7.65. The van der Waals surface area contributed by atoms with Gasteiger partial charge in [0.2, 0.25) is 0 Å². The van der Waals surface area contributed by atoms with Crippen LogP contribution in [0.15, 0.2) is 42.6 Å². The second-order valence-electron chi connectivity index (χ2n) is 5.51. The van der Waals surface area contributed by atoms with Crippen LogP contribution in [0.25, 0.3) is 0 Å². The molecule has 0 spiro atoms. The molecule has 126 valence electrons. The lowest BCUT2D eigenvalue weighted by atomic mass is 10.1. The van der Waals surface area contributed by atoms with Gasteiger partial charge in [0.1, 0.15) is 5.69 Å². The van der Waals surface area contributed by atoms with Crippen LogP contribution in [-0.2, 0) is 0 Å². The Morgan fingerprint density at radius 1 is 1.17 bits per heavy atom. The molecule has 1 heterocycles. The number of amides is 1. The summed E-state index contributed by atoms with van der Waals surface area (Å²) in [6.45, 7) is 4.35. The lowest BCUT2D eigenvalue weighted by Gasteiger charge is -2.24. The molecular weight excluding hydrogens is 308 g/mol. The summed E-state index contributed by atoms with van der Waals surface area (Å²) in [4.78, 5) is 28.6. The SMILES string of the molecule is CCN(CC(O)c1ccc(C)cc1)C(=O)c1ccc(C(=O)O)nc1. The molecule has 1 amide bonds. The Bertz CT molecular complexity index is 711. The van der Waals surface area contributed by atoms with Crippen molar-refractivity contribution in [2.75, 3.05) is 13.1 Å². The maximum absolute atomic E-state index is 12.5. The third-order valence-corrected chi connectivity index (χ3v) is 3.75. The molecule has 0 aliphatic rings. The maximum atomic E-state index is 12.5. The number of aromatic carboxylic acids is 1. The molecule has 0 aliphatic heterocycles.